The molecule has 2 rings (SSSR count). The van der Waals surface area contributed by atoms with Gasteiger partial charge in [-0.1, -0.05) is 36.8 Å². The quantitative estimate of drug-likeness (QED) is 0.523. The summed E-state index contributed by atoms with van der Waals surface area (Å²) in [6.07, 6.45) is 1.80. The summed E-state index contributed by atoms with van der Waals surface area (Å²) < 4.78 is 31.3. The van der Waals surface area contributed by atoms with Crippen molar-refractivity contribution in [3.05, 3.63) is 59.7 Å². The van der Waals surface area contributed by atoms with E-state index in [1.807, 2.05) is 45.0 Å². The Balaban J connectivity index is 2.36. The molecular formula is C25H35N3O5S. The number of rotatable bonds is 11. The van der Waals surface area contributed by atoms with Crippen molar-refractivity contribution in [3.63, 3.8) is 0 Å². The third-order valence-electron chi connectivity index (χ3n) is 5.68. The minimum Gasteiger partial charge on any atom is -0.497 e. The first-order valence-electron chi connectivity index (χ1n) is 11.2. The number of ether oxygens (including phenoxy) is 1. The van der Waals surface area contributed by atoms with Crippen LogP contribution < -0.4 is 14.4 Å². The number of hydrogen-bond donors (Lipinski definition) is 1. The summed E-state index contributed by atoms with van der Waals surface area (Å²) in [5, 5.41) is 2.91. The van der Waals surface area contributed by atoms with Gasteiger partial charge in [-0.2, -0.15) is 0 Å². The number of aryl methyl sites for hydroxylation is 1. The van der Waals surface area contributed by atoms with Gasteiger partial charge in [-0.3, -0.25) is 13.9 Å². The molecule has 0 aliphatic heterocycles. The summed E-state index contributed by atoms with van der Waals surface area (Å²) >= 11 is 0. The van der Waals surface area contributed by atoms with Gasteiger partial charge in [-0.15, -0.1) is 0 Å². The lowest BCUT2D eigenvalue weighted by atomic mass is 10.1. The third-order valence-corrected chi connectivity index (χ3v) is 6.82. The normalized spacial score (nSPS) is 13.0. The van der Waals surface area contributed by atoms with Crippen molar-refractivity contribution in [2.75, 3.05) is 24.2 Å². The fourth-order valence-electron chi connectivity index (χ4n) is 3.30. The average Bonchev–Trinajstić information content (AvgIpc) is 2.80. The number of sulfonamides is 1. The van der Waals surface area contributed by atoms with Crippen LogP contribution in [0.25, 0.3) is 0 Å². The zero-order valence-corrected chi connectivity index (χ0v) is 21.6. The molecule has 2 amide bonds. The van der Waals surface area contributed by atoms with Crippen LogP contribution in [0.3, 0.4) is 0 Å². The fraction of sp³-hybridized carbons (Fsp3) is 0.440. The monoisotopic (exact) mass is 489 g/mol. The zero-order chi connectivity index (χ0) is 25.5. The highest BCUT2D eigenvalue weighted by Gasteiger charge is 2.30. The molecule has 1 N–H and O–H groups in total. The third kappa shape index (κ3) is 7.48. The molecule has 8 nitrogen and oxygen atoms in total. The second kappa shape index (κ2) is 11.9. The van der Waals surface area contributed by atoms with E-state index in [0.717, 1.165) is 28.1 Å². The van der Waals surface area contributed by atoms with E-state index in [1.54, 1.807) is 31.2 Å². The Hall–Kier alpha value is -3.07. The van der Waals surface area contributed by atoms with Gasteiger partial charge in [0.2, 0.25) is 21.8 Å². The minimum absolute atomic E-state index is 0.0434. The van der Waals surface area contributed by atoms with Crippen LogP contribution >= 0.6 is 0 Å². The molecule has 34 heavy (non-hydrogen) atoms. The molecule has 186 valence electrons. The van der Waals surface area contributed by atoms with Crippen molar-refractivity contribution in [1.29, 1.82) is 0 Å². The Bertz CT molecular complexity index is 1070. The molecule has 0 saturated carbocycles. The summed E-state index contributed by atoms with van der Waals surface area (Å²) in [5.74, 6) is -0.196. The van der Waals surface area contributed by atoms with E-state index in [9.17, 15) is 18.0 Å². The number of amides is 2. The lowest BCUT2D eigenvalue weighted by Gasteiger charge is -2.32. The first-order chi connectivity index (χ1) is 16.0. The Morgan fingerprint density at radius 2 is 1.62 bits per heavy atom. The van der Waals surface area contributed by atoms with E-state index >= 15 is 0 Å². The maximum Gasteiger partial charge on any atom is 0.244 e. The van der Waals surface area contributed by atoms with Crippen molar-refractivity contribution in [2.24, 2.45) is 0 Å². The zero-order valence-electron chi connectivity index (χ0n) is 20.7. The smallest absolute Gasteiger partial charge is 0.244 e. The van der Waals surface area contributed by atoms with Gasteiger partial charge in [0.15, 0.2) is 0 Å². The molecule has 0 saturated heterocycles. The van der Waals surface area contributed by atoms with Gasteiger partial charge in [-0.05, 0) is 57.0 Å². The largest absolute Gasteiger partial charge is 0.497 e. The maximum absolute atomic E-state index is 13.5. The molecule has 2 atom stereocenters. The number of benzene rings is 2. The van der Waals surface area contributed by atoms with E-state index in [2.05, 4.69) is 5.32 Å². The highest BCUT2D eigenvalue weighted by Crippen LogP contribution is 2.22. The molecule has 0 unspecified atom stereocenters. The average molecular weight is 490 g/mol. The van der Waals surface area contributed by atoms with Gasteiger partial charge in [-0.25, -0.2) is 8.42 Å². The Labute approximate surface area is 202 Å². The second-order valence-corrected chi connectivity index (χ2v) is 10.4. The van der Waals surface area contributed by atoms with Crippen molar-refractivity contribution in [3.8, 4) is 5.75 Å². The van der Waals surface area contributed by atoms with Gasteiger partial charge < -0.3 is 15.0 Å². The van der Waals surface area contributed by atoms with Gasteiger partial charge in [0.05, 0.1) is 19.1 Å². The van der Waals surface area contributed by atoms with Crippen LogP contribution in [-0.4, -0.2) is 57.1 Å². The molecule has 2 aromatic carbocycles. The molecule has 0 aliphatic rings. The molecule has 0 spiro atoms. The molecular weight excluding hydrogens is 454 g/mol. The number of carbonyl (C=O) groups excluding carboxylic acids is 2. The molecule has 9 heteroatoms. The summed E-state index contributed by atoms with van der Waals surface area (Å²) in [7, 11) is -2.25. The van der Waals surface area contributed by atoms with Crippen LogP contribution in [-0.2, 0) is 26.2 Å². The van der Waals surface area contributed by atoms with Crippen LogP contribution in [0.1, 0.15) is 38.3 Å². The van der Waals surface area contributed by atoms with Crippen LogP contribution in [0.2, 0.25) is 0 Å². The number of nitrogens with zero attached hydrogens (tertiary/aromatic N) is 2. The lowest BCUT2D eigenvalue weighted by molar-refractivity contribution is -0.139. The SMILES string of the molecule is CC[C@H](C)NC(=O)[C@@H](C)N(Cc1ccc(C)cc1)C(=O)CN(c1ccc(OC)cc1)S(C)(=O)=O. The van der Waals surface area contributed by atoms with Crippen LogP contribution in [0.15, 0.2) is 48.5 Å². The minimum atomic E-state index is -3.77. The highest BCUT2D eigenvalue weighted by atomic mass is 32.2. The molecule has 0 aliphatic carbocycles. The molecule has 0 aromatic heterocycles. The lowest BCUT2D eigenvalue weighted by Crippen LogP contribution is -2.52. The Kier molecular flexibility index (Phi) is 9.49. The van der Waals surface area contributed by atoms with Gasteiger partial charge in [0.25, 0.3) is 0 Å². The van der Waals surface area contributed by atoms with Crippen LogP contribution in [0.5, 0.6) is 5.75 Å². The molecule has 0 bridgehead atoms. The summed E-state index contributed by atoms with van der Waals surface area (Å²) in [6.45, 7) is 7.22. The number of methoxy groups -OCH3 is 1. The Morgan fingerprint density at radius 1 is 1.03 bits per heavy atom. The Morgan fingerprint density at radius 3 is 2.12 bits per heavy atom. The molecule has 0 heterocycles. The van der Waals surface area contributed by atoms with Crippen LogP contribution in [0, 0.1) is 6.92 Å². The number of hydrogen-bond acceptors (Lipinski definition) is 5. The number of anilines is 1. The molecule has 0 fully saturated rings. The van der Waals surface area contributed by atoms with Gasteiger partial charge >= 0.3 is 0 Å². The van der Waals surface area contributed by atoms with Crippen molar-refractivity contribution in [1.82, 2.24) is 10.2 Å². The van der Waals surface area contributed by atoms with Crippen molar-refractivity contribution < 1.29 is 22.7 Å². The van der Waals surface area contributed by atoms with Gasteiger partial charge in [0, 0.05) is 12.6 Å². The first kappa shape index (κ1) is 27.2. The fourth-order valence-corrected chi connectivity index (χ4v) is 4.15. The van der Waals surface area contributed by atoms with Crippen LogP contribution in [0.4, 0.5) is 5.69 Å². The highest BCUT2D eigenvalue weighted by molar-refractivity contribution is 7.92. The predicted octanol–water partition coefficient (Wildman–Crippen LogP) is 3.10. The predicted molar refractivity (Wildman–Crippen MR) is 134 cm³/mol. The number of nitrogens with one attached hydrogen (secondary N) is 1. The van der Waals surface area contributed by atoms with Crippen molar-refractivity contribution in [2.45, 2.75) is 52.7 Å². The first-order valence-corrected chi connectivity index (χ1v) is 13.1. The van der Waals surface area contributed by atoms with E-state index in [0.29, 0.717) is 11.4 Å². The molecule has 0 radical (unpaired) electrons. The number of carbonyl (C=O) groups is 2. The topological polar surface area (TPSA) is 96.0 Å². The van der Waals surface area contributed by atoms with E-state index in [4.69, 9.17) is 4.74 Å². The standard InChI is InChI=1S/C25H35N3O5S/c1-7-19(3)26-25(30)20(4)27(16-21-10-8-18(2)9-11-21)24(29)17-28(34(6,31)32)22-12-14-23(33-5)15-13-22/h8-15,19-20H,7,16-17H2,1-6H3,(H,26,30)/t19-,20+/m0/s1. The van der Waals surface area contributed by atoms with E-state index in [1.165, 1.54) is 12.0 Å². The second-order valence-electron chi connectivity index (χ2n) is 8.47. The van der Waals surface area contributed by atoms with E-state index in [-0.39, 0.29) is 18.5 Å². The summed E-state index contributed by atoms with van der Waals surface area (Å²) in [4.78, 5) is 27.8. The van der Waals surface area contributed by atoms with Crippen molar-refractivity contribution >= 4 is 27.5 Å². The van der Waals surface area contributed by atoms with Gasteiger partial charge in [0.1, 0.15) is 18.3 Å². The summed E-state index contributed by atoms with van der Waals surface area (Å²) in [5.41, 5.74) is 2.26. The summed E-state index contributed by atoms with van der Waals surface area (Å²) in [6, 6.07) is 13.2. The maximum atomic E-state index is 13.5. The molecule has 2 aromatic rings. The van der Waals surface area contributed by atoms with E-state index < -0.39 is 28.5 Å².